The average Bonchev–Trinajstić information content (AvgIpc) is 2.50. The maximum absolute atomic E-state index is 11.2. The Labute approximate surface area is 131 Å². The average molecular weight is 308 g/mol. The fraction of sp³-hybridized carbons (Fsp3) is 0.529. The van der Waals surface area contributed by atoms with Crippen LogP contribution in [0.1, 0.15) is 66.6 Å². The molecule has 116 valence electrons. The van der Waals surface area contributed by atoms with Crippen LogP contribution in [0.15, 0.2) is 24.3 Å². The van der Waals surface area contributed by atoms with Crippen molar-refractivity contribution in [2.75, 3.05) is 5.75 Å². The molecule has 1 aromatic rings. The van der Waals surface area contributed by atoms with E-state index in [1.807, 2.05) is 18.2 Å². The SMILES string of the molecule is CCCCCCCC(SCC(=O)O)c1ccccc1C=O. The number of aldehydes is 1. The quantitative estimate of drug-likeness (QED) is 0.475. The van der Waals surface area contributed by atoms with Crippen LogP contribution < -0.4 is 0 Å². The number of carbonyl (C=O) groups excluding carboxylic acids is 1. The number of unbranched alkanes of at least 4 members (excludes halogenated alkanes) is 4. The molecule has 4 heteroatoms. The van der Waals surface area contributed by atoms with Gasteiger partial charge < -0.3 is 5.11 Å². The van der Waals surface area contributed by atoms with E-state index < -0.39 is 5.97 Å². The van der Waals surface area contributed by atoms with Gasteiger partial charge in [0.15, 0.2) is 0 Å². The van der Waals surface area contributed by atoms with Crippen molar-refractivity contribution in [3.8, 4) is 0 Å². The zero-order chi connectivity index (χ0) is 15.5. The van der Waals surface area contributed by atoms with Crippen LogP contribution in [0.2, 0.25) is 0 Å². The summed E-state index contributed by atoms with van der Waals surface area (Å²) >= 11 is 1.42. The van der Waals surface area contributed by atoms with Gasteiger partial charge in [0.1, 0.15) is 6.29 Å². The molecule has 1 unspecified atom stereocenters. The maximum atomic E-state index is 11.2. The summed E-state index contributed by atoms with van der Waals surface area (Å²) in [5.41, 5.74) is 1.64. The Bertz CT molecular complexity index is 445. The molecule has 3 nitrogen and oxygen atoms in total. The van der Waals surface area contributed by atoms with Gasteiger partial charge in [0, 0.05) is 10.8 Å². The third-order valence-electron chi connectivity index (χ3n) is 3.45. The highest BCUT2D eigenvalue weighted by Crippen LogP contribution is 2.35. The Balaban J connectivity index is 2.67. The van der Waals surface area contributed by atoms with E-state index in [2.05, 4.69) is 6.92 Å². The van der Waals surface area contributed by atoms with E-state index in [-0.39, 0.29) is 11.0 Å². The summed E-state index contributed by atoms with van der Waals surface area (Å²) in [6.45, 7) is 2.19. The molecule has 21 heavy (non-hydrogen) atoms. The van der Waals surface area contributed by atoms with E-state index in [1.54, 1.807) is 6.07 Å². The summed E-state index contributed by atoms with van der Waals surface area (Å²) in [4.78, 5) is 22.0. The minimum atomic E-state index is -0.806. The van der Waals surface area contributed by atoms with Gasteiger partial charge in [-0.15, -0.1) is 11.8 Å². The number of hydrogen-bond donors (Lipinski definition) is 1. The molecular weight excluding hydrogens is 284 g/mol. The second-order valence-corrected chi connectivity index (χ2v) is 6.33. The van der Waals surface area contributed by atoms with E-state index in [0.717, 1.165) is 24.7 Å². The highest BCUT2D eigenvalue weighted by Gasteiger charge is 2.16. The fourth-order valence-electron chi connectivity index (χ4n) is 2.35. The van der Waals surface area contributed by atoms with Crippen LogP contribution in [0.25, 0.3) is 0 Å². The Morgan fingerprint density at radius 2 is 1.95 bits per heavy atom. The molecule has 0 spiro atoms. The van der Waals surface area contributed by atoms with Crippen molar-refractivity contribution < 1.29 is 14.7 Å². The number of benzene rings is 1. The van der Waals surface area contributed by atoms with Crippen molar-refractivity contribution >= 4 is 24.0 Å². The molecule has 0 aliphatic rings. The molecule has 0 heterocycles. The zero-order valence-electron chi connectivity index (χ0n) is 12.6. The number of rotatable bonds is 11. The summed E-state index contributed by atoms with van der Waals surface area (Å²) in [6.07, 6.45) is 7.71. The number of carbonyl (C=O) groups is 2. The van der Waals surface area contributed by atoms with Crippen LogP contribution in [-0.2, 0) is 4.79 Å². The fourth-order valence-corrected chi connectivity index (χ4v) is 3.42. The summed E-state index contributed by atoms with van der Waals surface area (Å²) in [5.74, 6) is -0.730. The van der Waals surface area contributed by atoms with E-state index in [9.17, 15) is 9.59 Å². The van der Waals surface area contributed by atoms with Crippen molar-refractivity contribution in [1.82, 2.24) is 0 Å². The third kappa shape index (κ3) is 6.80. The largest absolute Gasteiger partial charge is 0.481 e. The Morgan fingerprint density at radius 1 is 1.24 bits per heavy atom. The molecule has 1 aromatic carbocycles. The van der Waals surface area contributed by atoms with E-state index in [1.165, 1.54) is 37.4 Å². The first-order valence-electron chi connectivity index (χ1n) is 7.56. The number of carboxylic acids is 1. The van der Waals surface area contributed by atoms with Gasteiger partial charge in [-0.3, -0.25) is 9.59 Å². The van der Waals surface area contributed by atoms with Gasteiger partial charge in [-0.05, 0) is 12.0 Å². The van der Waals surface area contributed by atoms with Gasteiger partial charge in [-0.2, -0.15) is 0 Å². The van der Waals surface area contributed by atoms with Gasteiger partial charge in [-0.1, -0.05) is 63.3 Å². The van der Waals surface area contributed by atoms with Crippen molar-refractivity contribution in [3.05, 3.63) is 35.4 Å². The normalized spacial score (nSPS) is 12.0. The van der Waals surface area contributed by atoms with Crippen molar-refractivity contribution in [1.29, 1.82) is 0 Å². The number of thioether (sulfide) groups is 1. The molecule has 1 atom stereocenters. The van der Waals surface area contributed by atoms with Gasteiger partial charge >= 0.3 is 5.97 Å². The lowest BCUT2D eigenvalue weighted by Crippen LogP contribution is -2.05. The molecule has 1 N–H and O–H groups in total. The summed E-state index contributed by atoms with van der Waals surface area (Å²) in [6, 6.07) is 7.49. The minimum Gasteiger partial charge on any atom is -0.481 e. The molecule has 0 aliphatic carbocycles. The predicted octanol–water partition coefficient (Wildman–Crippen LogP) is 4.72. The molecule has 0 aliphatic heterocycles. The van der Waals surface area contributed by atoms with Crippen molar-refractivity contribution in [3.63, 3.8) is 0 Å². The molecule has 0 radical (unpaired) electrons. The highest BCUT2D eigenvalue weighted by atomic mass is 32.2. The lowest BCUT2D eigenvalue weighted by molar-refractivity contribution is -0.133. The standard InChI is InChI=1S/C17H24O3S/c1-2-3-4-5-6-11-16(21-13-17(19)20)15-10-8-7-9-14(15)12-18/h7-10,12,16H,2-6,11,13H2,1H3,(H,19,20). The van der Waals surface area contributed by atoms with Crippen LogP contribution in [0, 0.1) is 0 Å². The van der Waals surface area contributed by atoms with Crippen molar-refractivity contribution in [2.45, 2.75) is 50.7 Å². The predicted molar refractivity (Wildman–Crippen MR) is 88.0 cm³/mol. The summed E-state index contributed by atoms with van der Waals surface area (Å²) < 4.78 is 0. The lowest BCUT2D eigenvalue weighted by Gasteiger charge is -2.18. The molecule has 1 rings (SSSR count). The van der Waals surface area contributed by atoms with Gasteiger partial charge in [0.2, 0.25) is 0 Å². The van der Waals surface area contributed by atoms with Crippen LogP contribution >= 0.6 is 11.8 Å². The third-order valence-corrected chi connectivity index (χ3v) is 4.75. The monoisotopic (exact) mass is 308 g/mol. The van der Waals surface area contributed by atoms with Crippen LogP contribution in [0.3, 0.4) is 0 Å². The van der Waals surface area contributed by atoms with Gasteiger partial charge in [0.25, 0.3) is 0 Å². The van der Waals surface area contributed by atoms with Gasteiger partial charge in [-0.25, -0.2) is 0 Å². The maximum Gasteiger partial charge on any atom is 0.313 e. The number of aliphatic carboxylic acids is 1. The first-order chi connectivity index (χ1) is 10.2. The van der Waals surface area contributed by atoms with Gasteiger partial charge in [0.05, 0.1) is 5.75 Å². The van der Waals surface area contributed by atoms with Crippen LogP contribution in [0.4, 0.5) is 0 Å². The molecular formula is C17H24O3S. The second-order valence-electron chi connectivity index (χ2n) is 5.14. The first-order valence-corrected chi connectivity index (χ1v) is 8.61. The van der Waals surface area contributed by atoms with Crippen LogP contribution in [0.5, 0.6) is 0 Å². The highest BCUT2D eigenvalue weighted by molar-refractivity contribution is 8.00. The second kappa shape index (κ2) is 10.4. The Kier molecular flexibility index (Phi) is 8.83. The smallest absolute Gasteiger partial charge is 0.313 e. The molecule has 0 saturated heterocycles. The molecule has 0 bridgehead atoms. The Morgan fingerprint density at radius 3 is 2.62 bits per heavy atom. The molecule has 0 aromatic heterocycles. The first kappa shape index (κ1) is 17.8. The minimum absolute atomic E-state index is 0.0762. The molecule has 0 fully saturated rings. The number of carboxylic acid groups (broad SMARTS) is 1. The zero-order valence-corrected chi connectivity index (χ0v) is 13.4. The summed E-state index contributed by atoms with van der Waals surface area (Å²) in [5, 5.41) is 8.97. The summed E-state index contributed by atoms with van der Waals surface area (Å²) in [7, 11) is 0. The van der Waals surface area contributed by atoms with E-state index >= 15 is 0 Å². The topological polar surface area (TPSA) is 54.4 Å². The van der Waals surface area contributed by atoms with Crippen LogP contribution in [-0.4, -0.2) is 23.1 Å². The molecule has 0 amide bonds. The lowest BCUT2D eigenvalue weighted by atomic mass is 10.0. The Hall–Kier alpha value is -1.29. The van der Waals surface area contributed by atoms with E-state index in [0.29, 0.717) is 5.56 Å². The van der Waals surface area contributed by atoms with Crippen molar-refractivity contribution in [2.24, 2.45) is 0 Å². The van der Waals surface area contributed by atoms with E-state index in [4.69, 9.17) is 5.11 Å². The number of hydrogen-bond acceptors (Lipinski definition) is 3. The molecule has 0 saturated carbocycles.